The molecule has 0 fully saturated rings. The van der Waals surface area contributed by atoms with Crippen LogP contribution in [0.15, 0.2) is 18.2 Å². The van der Waals surface area contributed by atoms with Gasteiger partial charge in [0, 0.05) is 5.69 Å². The molecule has 0 atom stereocenters. The Bertz CT molecular complexity index is 502. The molecule has 0 bridgehead atoms. The molecule has 0 unspecified atom stereocenters. The Morgan fingerprint density at radius 2 is 2.00 bits per heavy atom. The summed E-state index contributed by atoms with van der Waals surface area (Å²) in [5.74, 6) is -2.66. The minimum absolute atomic E-state index is 0.0719. The molecule has 1 aromatic rings. The molecule has 0 saturated carbocycles. The highest BCUT2D eigenvalue weighted by Gasteiger charge is 2.29. The number of carboxylic acid groups (broad SMARTS) is 1. The Kier molecular flexibility index (Phi) is 4.82. The summed E-state index contributed by atoms with van der Waals surface area (Å²) in [5, 5.41) is 11.1. The molecule has 0 aliphatic heterocycles. The monoisotopic (exact) mass is 293 g/mol. The number of aromatic carboxylic acids is 1. The van der Waals surface area contributed by atoms with Crippen LogP contribution in [0.3, 0.4) is 0 Å². The summed E-state index contributed by atoms with van der Waals surface area (Å²) in [6.45, 7) is 1.53. The summed E-state index contributed by atoms with van der Waals surface area (Å²) in [4.78, 5) is 22.0. The van der Waals surface area contributed by atoms with E-state index in [1.807, 2.05) is 0 Å². The first-order chi connectivity index (χ1) is 8.69. The van der Waals surface area contributed by atoms with Crippen LogP contribution in [0.1, 0.15) is 15.9 Å². The van der Waals surface area contributed by atoms with Gasteiger partial charge in [-0.3, -0.25) is 4.79 Å². The van der Waals surface area contributed by atoms with Crippen molar-refractivity contribution in [1.82, 2.24) is 0 Å². The average molecular weight is 293 g/mol. The van der Waals surface area contributed by atoms with Crippen LogP contribution >= 0.6 is 11.8 Å². The quantitative estimate of drug-likeness (QED) is 0.895. The summed E-state index contributed by atoms with van der Waals surface area (Å²) in [6, 6.07) is 4.00. The van der Waals surface area contributed by atoms with Crippen LogP contribution in [0.5, 0.6) is 0 Å². The molecule has 0 spiro atoms. The highest BCUT2D eigenvalue weighted by atomic mass is 32.2. The molecule has 0 aliphatic rings. The number of alkyl halides is 3. The molecule has 1 amide bonds. The van der Waals surface area contributed by atoms with Crippen molar-refractivity contribution in [3.05, 3.63) is 29.3 Å². The first-order valence-electron chi connectivity index (χ1n) is 5.03. The standard InChI is InChI=1S/C11H10F3NO3S/c1-6-4-7(2-3-8(6)10(17)18)15-9(16)5-19-11(12,13)14/h2-4H,5H2,1H3,(H,15,16)(H,17,18). The number of aryl methyl sites for hydroxylation is 1. The van der Waals surface area contributed by atoms with E-state index in [4.69, 9.17) is 5.11 Å². The molecule has 2 N–H and O–H groups in total. The van der Waals surface area contributed by atoms with Crippen molar-refractivity contribution in [3.63, 3.8) is 0 Å². The number of hydrogen-bond donors (Lipinski definition) is 2. The van der Waals surface area contributed by atoms with E-state index in [0.29, 0.717) is 5.56 Å². The fourth-order valence-electron chi connectivity index (χ4n) is 1.33. The van der Waals surface area contributed by atoms with Crippen molar-refractivity contribution in [3.8, 4) is 0 Å². The minimum Gasteiger partial charge on any atom is -0.478 e. The molecular formula is C11H10F3NO3S. The highest BCUT2D eigenvalue weighted by Crippen LogP contribution is 2.30. The molecule has 0 aromatic heterocycles. The normalized spacial score (nSPS) is 11.2. The van der Waals surface area contributed by atoms with Gasteiger partial charge in [-0.05, 0) is 42.4 Å². The SMILES string of the molecule is Cc1cc(NC(=O)CSC(F)(F)F)ccc1C(=O)O. The van der Waals surface area contributed by atoms with Gasteiger partial charge < -0.3 is 10.4 Å². The molecule has 8 heteroatoms. The van der Waals surface area contributed by atoms with Crippen LogP contribution in [0.2, 0.25) is 0 Å². The first-order valence-corrected chi connectivity index (χ1v) is 6.02. The third-order valence-electron chi connectivity index (χ3n) is 2.11. The molecule has 104 valence electrons. The van der Waals surface area contributed by atoms with Gasteiger partial charge in [0.2, 0.25) is 5.91 Å². The molecule has 4 nitrogen and oxygen atoms in total. The lowest BCUT2D eigenvalue weighted by atomic mass is 10.1. The second kappa shape index (κ2) is 5.96. The van der Waals surface area contributed by atoms with Gasteiger partial charge in [0.15, 0.2) is 0 Å². The smallest absolute Gasteiger partial charge is 0.442 e. The van der Waals surface area contributed by atoms with Crippen LogP contribution in [0.25, 0.3) is 0 Å². The molecule has 0 radical (unpaired) electrons. The molecule has 1 aromatic carbocycles. The minimum atomic E-state index is -4.46. The number of carbonyl (C=O) groups is 2. The summed E-state index contributed by atoms with van der Waals surface area (Å²) in [6.07, 6.45) is 0. The van der Waals surface area contributed by atoms with Gasteiger partial charge in [0.05, 0.1) is 11.3 Å². The maximum Gasteiger partial charge on any atom is 0.442 e. The third kappa shape index (κ3) is 5.21. The number of carbonyl (C=O) groups excluding carboxylic acids is 1. The van der Waals surface area contributed by atoms with Gasteiger partial charge >= 0.3 is 11.5 Å². The van der Waals surface area contributed by atoms with Crippen LogP contribution in [-0.2, 0) is 4.79 Å². The van der Waals surface area contributed by atoms with Crippen molar-refractivity contribution in [2.45, 2.75) is 12.4 Å². The van der Waals surface area contributed by atoms with E-state index < -0.39 is 34.9 Å². The zero-order chi connectivity index (χ0) is 14.6. The zero-order valence-electron chi connectivity index (χ0n) is 9.75. The zero-order valence-corrected chi connectivity index (χ0v) is 10.6. The molecule has 19 heavy (non-hydrogen) atoms. The van der Waals surface area contributed by atoms with E-state index >= 15 is 0 Å². The number of nitrogens with one attached hydrogen (secondary N) is 1. The van der Waals surface area contributed by atoms with E-state index in [9.17, 15) is 22.8 Å². The summed E-state index contributed by atoms with van der Waals surface area (Å²) >= 11 is -0.433. The predicted molar refractivity (Wildman–Crippen MR) is 65.3 cm³/mol. The van der Waals surface area contributed by atoms with Crippen molar-refractivity contribution < 1.29 is 27.9 Å². The number of carboxylic acids is 1. The summed E-state index contributed by atoms with van der Waals surface area (Å²) in [7, 11) is 0. The number of anilines is 1. The Balaban J connectivity index is 2.65. The lowest BCUT2D eigenvalue weighted by Crippen LogP contribution is -2.17. The number of hydrogen-bond acceptors (Lipinski definition) is 3. The van der Waals surface area contributed by atoms with E-state index in [2.05, 4.69) is 5.32 Å². The lowest BCUT2D eigenvalue weighted by Gasteiger charge is -2.08. The highest BCUT2D eigenvalue weighted by molar-refractivity contribution is 8.00. The Hall–Kier alpha value is -1.70. The molecule has 1 rings (SSSR count). The van der Waals surface area contributed by atoms with E-state index in [1.165, 1.54) is 25.1 Å². The fourth-order valence-corrected chi connectivity index (χ4v) is 1.69. The number of thioether (sulfide) groups is 1. The van der Waals surface area contributed by atoms with Crippen LogP contribution < -0.4 is 5.32 Å². The topological polar surface area (TPSA) is 66.4 Å². The second-order valence-corrected chi connectivity index (χ2v) is 4.66. The largest absolute Gasteiger partial charge is 0.478 e. The van der Waals surface area contributed by atoms with Crippen LogP contribution in [0.4, 0.5) is 18.9 Å². The van der Waals surface area contributed by atoms with Crippen molar-refractivity contribution in [2.75, 3.05) is 11.1 Å². The fraction of sp³-hybridized carbons (Fsp3) is 0.273. The summed E-state index contributed by atoms with van der Waals surface area (Å²) in [5.41, 5.74) is -3.72. The van der Waals surface area contributed by atoms with Crippen molar-refractivity contribution in [2.24, 2.45) is 0 Å². The number of benzene rings is 1. The number of amides is 1. The predicted octanol–water partition coefficient (Wildman–Crippen LogP) is 2.88. The van der Waals surface area contributed by atoms with Crippen LogP contribution in [-0.4, -0.2) is 28.2 Å². The molecular weight excluding hydrogens is 283 g/mol. The van der Waals surface area contributed by atoms with Gasteiger partial charge in [-0.15, -0.1) is 0 Å². The Labute approximate surface area is 111 Å². The van der Waals surface area contributed by atoms with Gasteiger partial charge in [-0.2, -0.15) is 13.2 Å². The first kappa shape index (κ1) is 15.4. The second-order valence-electron chi connectivity index (χ2n) is 3.62. The van der Waals surface area contributed by atoms with Gasteiger partial charge in [-0.1, -0.05) is 0 Å². The maximum absolute atomic E-state index is 11.9. The molecule has 0 saturated heterocycles. The number of halogens is 3. The van der Waals surface area contributed by atoms with Gasteiger partial charge in [0.1, 0.15) is 0 Å². The Morgan fingerprint density at radius 1 is 1.37 bits per heavy atom. The summed E-state index contributed by atoms with van der Waals surface area (Å²) < 4.78 is 35.6. The number of rotatable bonds is 4. The van der Waals surface area contributed by atoms with Gasteiger partial charge in [0.25, 0.3) is 0 Å². The Morgan fingerprint density at radius 3 is 2.47 bits per heavy atom. The lowest BCUT2D eigenvalue weighted by molar-refractivity contribution is -0.114. The van der Waals surface area contributed by atoms with E-state index in [-0.39, 0.29) is 11.3 Å². The van der Waals surface area contributed by atoms with Gasteiger partial charge in [-0.25, -0.2) is 4.79 Å². The average Bonchev–Trinajstić information content (AvgIpc) is 2.25. The molecule has 0 heterocycles. The van der Waals surface area contributed by atoms with E-state index in [0.717, 1.165) is 0 Å². The van der Waals surface area contributed by atoms with Crippen molar-refractivity contribution >= 4 is 29.3 Å². The van der Waals surface area contributed by atoms with Crippen molar-refractivity contribution in [1.29, 1.82) is 0 Å². The maximum atomic E-state index is 11.9. The van der Waals surface area contributed by atoms with E-state index in [1.54, 1.807) is 0 Å². The molecule has 0 aliphatic carbocycles. The van der Waals surface area contributed by atoms with Crippen LogP contribution in [0, 0.1) is 6.92 Å². The third-order valence-corrected chi connectivity index (χ3v) is 2.84.